The number of ether oxygens (including phenoxy) is 1. The Labute approximate surface area is 173 Å². The number of aliphatic hydroxyl groups is 1. The largest absolute Gasteiger partial charge is 0.573 e. The van der Waals surface area contributed by atoms with Crippen LogP contribution in [0.15, 0.2) is 53.1 Å². The summed E-state index contributed by atoms with van der Waals surface area (Å²) in [7, 11) is 0. The maximum Gasteiger partial charge on any atom is 0.573 e. The number of halogens is 4. The Morgan fingerprint density at radius 3 is 2.43 bits per heavy atom. The van der Waals surface area contributed by atoms with Crippen LogP contribution in [-0.4, -0.2) is 34.1 Å². The fourth-order valence-electron chi connectivity index (χ4n) is 2.53. The molecule has 11 heteroatoms. The Morgan fingerprint density at radius 1 is 1.17 bits per heavy atom. The molecule has 1 amide bonds. The molecule has 7 nitrogen and oxygen atoms in total. The number of hydrogen-bond acceptors (Lipinski definition) is 6. The second kappa shape index (κ2) is 9.14. The van der Waals surface area contributed by atoms with Gasteiger partial charge in [-0.1, -0.05) is 16.8 Å². The van der Waals surface area contributed by atoms with Gasteiger partial charge in [-0.15, -0.1) is 13.2 Å². The molecular weight excluding hydrogens is 427 g/mol. The van der Waals surface area contributed by atoms with Gasteiger partial charge in [0.05, 0.1) is 0 Å². The molecule has 0 aliphatic rings. The van der Waals surface area contributed by atoms with Crippen LogP contribution in [0.4, 0.5) is 13.2 Å². The van der Waals surface area contributed by atoms with Crippen molar-refractivity contribution < 1.29 is 32.3 Å². The van der Waals surface area contributed by atoms with Crippen molar-refractivity contribution in [3.63, 3.8) is 0 Å². The molecule has 0 radical (unpaired) electrons. The molecule has 2 N–H and O–H groups in total. The lowest BCUT2D eigenvalue weighted by molar-refractivity contribution is -0.274. The average molecular weight is 442 g/mol. The van der Waals surface area contributed by atoms with E-state index in [-0.39, 0.29) is 30.5 Å². The molecule has 3 rings (SSSR count). The molecule has 1 aromatic heterocycles. The number of benzene rings is 2. The highest BCUT2D eigenvalue weighted by Gasteiger charge is 2.31. The molecule has 0 saturated heterocycles. The number of amides is 1. The number of rotatable bonds is 7. The average Bonchev–Trinajstić information content (AvgIpc) is 3.17. The number of aromatic nitrogens is 2. The van der Waals surface area contributed by atoms with Crippen molar-refractivity contribution in [1.82, 2.24) is 15.5 Å². The summed E-state index contributed by atoms with van der Waals surface area (Å²) < 4.78 is 45.8. The first-order chi connectivity index (χ1) is 14.2. The van der Waals surface area contributed by atoms with Crippen LogP contribution in [0.25, 0.3) is 11.4 Å². The second-order valence-electron chi connectivity index (χ2n) is 6.07. The summed E-state index contributed by atoms with van der Waals surface area (Å²) in [4.78, 5) is 16.6. The molecule has 0 aliphatic heterocycles. The number of nitrogens with one attached hydrogen (secondary N) is 1. The molecule has 1 heterocycles. The number of aliphatic hydroxyl groups excluding tert-OH is 1. The Kier molecular flexibility index (Phi) is 6.58. The molecule has 1 atom stereocenters. The monoisotopic (exact) mass is 441 g/mol. The van der Waals surface area contributed by atoms with Gasteiger partial charge in [-0.2, -0.15) is 4.98 Å². The maximum atomic E-state index is 12.4. The Morgan fingerprint density at radius 2 is 1.83 bits per heavy atom. The first kappa shape index (κ1) is 21.6. The SMILES string of the molecule is O=C(NC(CCO)c1nc(-c2ccc(OC(F)(F)F)cc2)no1)c1ccc(Cl)cc1. The van der Waals surface area contributed by atoms with Crippen molar-refractivity contribution in [3.8, 4) is 17.1 Å². The van der Waals surface area contributed by atoms with Gasteiger partial charge in [0.25, 0.3) is 5.91 Å². The summed E-state index contributed by atoms with van der Waals surface area (Å²) in [6, 6.07) is 10.3. The van der Waals surface area contributed by atoms with Crippen molar-refractivity contribution in [2.75, 3.05) is 6.61 Å². The summed E-state index contributed by atoms with van der Waals surface area (Å²) in [5.41, 5.74) is 0.730. The van der Waals surface area contributed by atoms with Crippen molar-refractivity contribution >= 4 is 17.5 Å². The van der Waals surface area contributed by atoms with E-state index in [1.807, 2.05) is 0 Å². The molecule has 0 aliphatic carbocycles. The van der Waals surface area contributed by atoms with Crippen LogP contribution in [0.2, 0.25) is 5.02 Å². The third kappa shape index (κ3) is 5.71. The van der Waals surface area contributed by atoms with Gasteiger partial charge >= 0.3 is 6.36 Å². The fraction of sp³-hybridized carbons (Fsp3) is 0.211. The molecule has 0 fully saturated rings. The van der Waals surface area contributed by atoms with Crippen LogP contribution < -0.4 is 10.1 Å². The minimum Gasteiger partial charge on any atom is -0.406 e. The topological polar surface area (TPSA) is 97.5 Å². The lowest BCUT2D eigenvalue weighted by atomic mass is 10.1. The fourth-order valence-corrected chi connectivity index (χ4v) is 2.65. The van der Waals surface area contributed by atoms with Crippen molar-refractivity contribution in [3.05, 3.63) is 65.0 Å². The van der Waals surface area contributed by atoms with E-state index in [2.05, 4.69) is 20.2 Å². The van der Waals surface area contributed by atoms with Gasteiger partial charge in [0.15, 0.2) is 0 Å². The maximum absolute atomic E-state index is 12.4. The predicted molar refractivity (Wildman–Crippen MR) is 99.8 cm³/mol. The van der Waals surface area contributed by atoms with E-state index in [4.69, 9.17) is 16.1 Å². The minimum absolute atomic E-state index is 0.0389. The van der Waals surface area contributed by atoms with E-state index in [1.165, 1.54) is 24.3 Å². The summed E-state index contributed by atoms with van der Waals surface area (Å²) >= 11 is 5.81. The van der Waals surface area contributed by atoms with Crippen molar-refractivity contribution in [2.45, 2.75) is 18.8 Å². The molecule has 30 heavy (non-hydrogen) atoms. The zero-order valence-corrected chi connectivity index (χ0v) is 15.9. The second-order valence-corrected chi connectivity index (χ2v) is 6.51. The number of nitrogens with zero attached hydrogens (tertiary/aromatic N) is 2. The van der Waals surface area contributed by atoms with Gasteiger partial charge in [0.1, 0.15) is 11.8 Å². The lowest BCUT2D eigenvalue weighted by Crippen LogP contribution is -2.29. The van der Waals surface area contributed by atoms with Crippen molar-refractivity contribution in [1.29, 1.82) is 0 Å². The van der Waals surface area contributed by atoms with Crippen LogP contribution in [-0.2, 0) is 0 Å². The van der Waals surface area contributed by atoms with Crippen LogP contribution in [0.3, 0.4) is 0 Å². The number of hydrogen-bond donors (Lipinski definition) is 2. The van der Waals surface area contributed by atoms with Gasteiger partial charge in [-0.3, -0.25) is 4.79 Å². The normalized spacial score (nSPS) is 12.4. The van der Waals surface area contributed by atoms with Gasteiger partial charge in [-0.05, 0) is 55.0 Å². The highest BCUT2D eigenvalue weighted by molar-refractivity contribution is 6.30. The summed E-state index contributed by atoms with van der Waals surface area (Å²) in [5.74, 6) is -0.675. The first-order valence-corrected chi connectivity index (χ1v) is 9.00. The highest BCUT2D eigenvalue weighted by Crippen LogP contribution is 2.26. The zero-order valence-electron chi connectivity index (χ0n) is 15.2. The standard InChI is InChI=1S/C19H15ClF3N3O4/c20-13-5-1-12(2-6-13)17(28)24-15(9-10-27)18-25-16(26-30-18)11-3-7-14(8-4-11)29-19(21,22)23/h1-8,15,27H,9-10H2,(H,24,28). The predicted octanol–water partition coefficient (Wildman–Crippen LogP) is 4.14. The number of carbonyl (C=O) groups is 1. The van der Waals surface area contributed by atoms with E-state index in [0.717, 1.165) is 12.1 Å². The van der Waals surface area contributed by atoms with E-state index < -0.39 is 18.3 Å². The molecule has 0 bridgehead atoms. The van der Waals surface area contributed by atoms with Gasteiger partial charge in [0.2, 0.25) is 11.7 Å². The summed E-state index contributed by atoms with van der Waals surface area (Å²) in [6.45, 7) is -0.257. The van der Waals surface area contributed by atoms with E-state index in [0.29, 0.717) is 16.1 Å². The van der Waals surface area contributed by atoms with E-state index in [1.54, 1.807) is 12.1 Å². The van der Waals surface area contributed by atoms with E-state index >= 15 is 0 Å². The zero-order chi connectivity index (χ0) is 21.7. The summed E-state index contributed by atoms with van der Waals surface area (Å²) in [6.07, 6.45) is -4.68. The number of carbonyl (C=O) groups excluding carboxylic acids is 1. The Balaban J connectivity index is 1.74. The molecule has 1 unspecified atom stereocenters. The third-order valence-corrected chi connectivity index (χ3v) is 4.17. The molecule has 0 saturated carbocycles. The first-order valence-electron chi connectivity index (χ1n) is 8.62. The van der Waals surface area contributed by atoms with Gasteiger partial charge < -0.3 is 19.7 Å². The molecular formula is C19H15ClF3N3O4. The smallest absolute Gasteiger partial charge is 0.406 e. The Bertz CT molecular complexity index is 992. The Hall–Kier alpha value is -3.11. The van der Waals surface area contributed by atoms with Crippen LogP contribution >= 0.6 is 11.6 Å². The van der Waals surface area contributed by atoms with Gasteiger partial charge in [0, 0.05) is 22.8 Å². The summed E-state index contributed by atoms with van der Waals surface area (Å²) in [5, 5.41) is 16.3. The molecule has 158 valence electrons. The molecule has 2 aromatic carbocycles. The van der Waals surface area contributed by atoms with Crippen molar-refractivity contribution in [2.24, 2.45) is 0 Å². The van der Waals surface area contributed by atoms with Crippen LogP contribution in [0, 0.1) is 0 Å². The van der Waals surface area contributed by atoms with E-state index in [9.17, 15) is 23.1 Å². The third-order valence-electron chi connectivity index (χ3n) is 3.92. The molecule has 0 spiro atoms. The molecule has 3 aromatic rings. The van der Waals surface area contributed by atoms with Gasteiger partial charge in [-0.25, -0.2) is 0 Å². The lowest BCUT2D eigenvalue weighted by Gasteiger charge is -2.13. The number of alkyl halides is 3. The van der Waals surface area contributed by atoms with Crippen LogP contribution in [0.5, 0.6) is 5.75 Å². The minimum atomic E-state index is -4.79. The highest BCUT2D eigenvalue weighted by atomic mass is 35.5. The quantitative estimate of drug-likeness (QED) is 0.572. The van der Waals surface area contributed by atoms with Crippen LogP contribution in [0.1, 0.15) is 28.7 Å².